The molecule has 0 bridgehead atoms. The van der Waals surface area contributed by atoms with Gasteiger partial charge in [-0.2, -0.15) is 9.57 Å². The van der Waals surface area contributed by atoms with Crippen molar-refractivity contribution in [1.29, 1.82) is 5.26 Å². The number of hydrogen-bond donors (Lipinski definition) is 4. The van der Waals surface area contributed by atoms with Gasteiger partial charge in [0.05, 0.1) is 23.1 Å². The number of amides is 1. The maximum atomic E-state index is 13.7. The second-order valence-electron chi connectivity index (χ2n) is 9.56. The lowest BCUT2D eigenvalue weighted by atomic mass is 9.87. The van der Waals surface area contributed by atoms with Gasteiger partial charge in [0.15, 0.2) is 0 Å². The van der Waals surface area contributed by atoms with E-state index in [0.717, 1.165) is 5.56 Å². The van der Waals surface area contributed by atoms with Gasteiger partial charge in [-0.15, -0.1) is 0 Å². The first-order chi connectivity index (χ1) is 17.0. The number of nitriles is 1. The van der Waals surface area contributed by atoms with Crippen LogP contribution in [-0.4, -0.2) is 61.3 Å². The molecule has 2 aromatic rings. The molecule has 4 N–H and O–H groups in total. The van der Waals surface area contributed by atoms with Gasteiger partial charge in [-0.05, 0) is 48.4 Å². The van der Waals surface area contributed by atoms with Crippen LogP contribution in [0.25, 0.3) is 0 Å². The molecule has 0 aliphatic carbocycles. The molecule has 9 nitrogen and oxygen atoms in total. The molecule has 0 aliphatic heterocycles. The average molecular weight is 517 g/mol. The lowest BCUT2D eigenvalue weighted by molar-refractivity contribution is 0.0904. The molecule has 0 saturated carbocycles. The van der Waals surface area contributed by atoms with E-state index >= 15 is 0 Å². The minimum absolute atomic E-state index is 0.0696. The Hall–Kier alpha value is -3.13. The molecule has 0 radical (unpaired) electrons. The average Bonchev–Trinajstić information content (AvgIpc) is 2.83. The minimum Gasteiger partial charge on any atom is -0.465 e. The summed E-state index contributed by atoms with van der Waals surface area (Å²) in [5.41, 5.74) is 0.946. The van der Waals surface area contributed by atoms with Crippen molar-refractivity contribution in [2.75, 3.05) is 25.5 Å². The van der Waals surface area contributed by atoms with Crippen LogP contribution in [0.5, 0.6) is 0 Å². The zero-order valence-electron chi connectivity index (χ0n) is 21.0. The highest BCUT2D eigenvalue weighted by Gasteiger charge is 2.34. The Labute approximate surface area is 213 Å². The standard InChI is InChI=1S/C26H36N4O5S/c1-26(2,14-7-8-15-27)19-30(36(34,35)22-13-9-12-21(17-22)28-3)18-24(31)23(29-25(32)33)16-20-10-5-4-6-11-20/h4-6,9-13,17,23-24,28-29,31H,7-8,14,16,18-19H2,1-3H3,(H,32,33)/t23-,24+/m0/s1. The molecule has 0 spiro atoms. The minimum atomic E-state index is -4.03. The molecule has 2 atom stereocenters. The monoisotopic (exact) mass is 516 g/mol. The van der Waals surface area contributed by atoms with Crippen LogP contribution in [-0.2, 0) is 16.4 Å². The summed E-state index contributed by atoms with van der Waals surface area (Å²) >= 11 is 0. The Bertz CT molecular complexity index is 1130. The van der Waals surface area contributed by atoms with E-state index in [2.05, 4.69) is 16.7 Å². The van der Waals surface area contributed by atoms with Crippen molar-refractivity contribution in [3.05, 3.63) is 60.2 Å². The fraction of sp³-hybridized carbons (Fsp3) is 0.462. The summed E-state index contributed by atoms with van der Waals surface area (Å²) in [5.74, 6) is 0. The number of hydrogen-bond acceptors (Lipinski definition) is 6. The van der Waals surface area contributed by atoms with Crippen molar-refractivity contribution in [3.8, 4) is 6.07 Å². The fourth-order valence-corrected chi connectivity index (χ4v) is 5.75. The van der Waals surface area contributed by atoms with Crippen LogP contribution in [0.4, 0.5) is 10.5 Å². The zero-order valence-corrected chi connectivity index (χ0v) is 21.8. The van der Waals surface area contributed by atoms with Crippen molar-refractivity contribution < 1.29 is 23.4 Å². The van der Waals surface area contributed by atoms with Crippen molar-refractivity contribution >= 4 is 21.8 Å². The molecular weight excluding hydrogens is 480 g/mol. The van der Waals surface area contributed by atoms with Gasteiger partial charge in [0.2, 0.25) is 10.0 Å². The van der Waals surface area contributed by atoms with E-state index in [1.165, 1.54) is 16.4 Å². The van der Waals surface area contributed by atoms with E-state index in [1.807, 2.05) is 44.2 Å². The molecule has 196 valence electrons. The summed E-state index contributed by atoms with van der Waals surface area (Å²) in [6, 6.07) is 16.7. The SMILES string of the molecule is CNc1cccc(S(=O)(=O)N(C[C@@H](O)[C@H](Cc2ccccc2)NC(=O)O)CC(C)(C)CCCC#N)c1. The first kappa shape index (κ1) is 29.1. The van der Waals surface area contributed by atoms with Crippen LogP contribution >= 0.6 is 0 Å². The lowest BCUT2D eigenvalue weighted by Crippen LogP contribution is -2.51. The summed E-state index contributed by atoms with van der Waals surface area (Å²) < 4.78 is 28.7. The number of sulfonamides is 1. The topological polar surface area (TPSA) is 143 Å². The maximum Gasteiger partial charge on any atom is 0.404 e. The molecule has 0 aromatic heterocycles. The number of aliphatic hydroxyl groups is 1. The number of carbonyl (C=O) groups is 1. The highest BCUT2D eigenvalue weighted by molar-refractivity contribution is 7.89. The molecule has 0 unspecified atom stereocenters. The second kappa shape index (κ2) is 13.3. The van der Waals surface area contributed by atoms with E-state index < -0.39 is 33.7 Å². The Kier molecular flexibility index (Phi) is 10.7. The molecule has 0 heterocycles. The Balaban J connectivity index is 2.38. The molecule has 0 aliphatic rings. The van der Waals surface area contributed by atoms with E-state index in [0.29, 0.717) is 24.9 Å². The fourth-order valence-electron chi connectivity index (χ4n) is 4.06. The summed E-state index contributed by atoms with van der Waals surface area (Å²) in [5, 5.41) is 34.7. The molecule has 0 saturated heterocycles. The van der Waals surface area contributed by atoms with Gasteiger partial charge in [-0.1, -0.05) is 50.2 Å². The Morgan fingerprint density at radius 1 is 1.17 bits per heavy atom. The Morgan fingerprint density at radius 3 is 2.47 bits per heavy atom. The van der Waals surface area contributed by atoms with Crippen molar-refractivity contribution in [1.82, 2.24) is 9.62 Å². The van der Waals surface area contributed by atoms with Gasteiger partial charge in [0.1, 0.15) is 0 Å². The number of nitrogens with zero attached hydrogens (tertiary/aromatic N) is 2. The first-order valence-electron chi connectivity index (χ1n) is 11.8. The molecule has 0 fully saturated rings. The highest BCUT2D eigenvalue weighted by atomic mass is 32.2. The molecular formula is C26H36N4O5S. The van der Waals surface area contributed by atoms with Gasteiger partial charge in [0, 0.05) is 32.2 Å². The molecule has 2 rings (SSSR count). The zero-order chi connectivity index (χ0) is 26.8. The van der Waals surface area contributed by atoms with E-state index in [-0.39, 0.29) is 24.4 Å². The summed E-state index contributed by atoms with van der Waals surface area (Å²) in [6.07, 6.45) is -0.818. The predicted molar refractivity (Wildman–Crippen MR) is 139 cm³/mol. The van der Waals surface area contributed by atoms with Crippen LogP contribution in [0.15, 0.2) is 59.5 Å². The van der Waals surface area contributed by atoms with Gasteiger partial charge in [-0.25, -0.2) is 13.2 Å². The number of aliphatic hydroxyl groups excluding tert-OH is 1. The van der Waals surface area contributed by atoms with Crippen molar-refractivity contribution in [3.63, 3.8) is 0 Å². The van der Waals surface area contributed by atoms with Gasteiger partial charge in [-0.3, -0.25) is 0 Å². The molecule has 10 heteroatoms. The van der Waals surface area contributed by atoms with Crippen LogP contribution in [0.2, 0.25) is 0 Å². The first-order valence-corrected chi connectivity index (χ1v) is 13.3. The van der Waals surface area contributed by atoms with Crippen LogP contribution in [0.3, 0.4) is 0 Å². The third-order valence-electron chi connectivity index (χ3n) is 5.97. The number of nitrogens with one attached hydrogen (secondary N) is 2. The summed E-state index contributed by atoms with van der Waals surface area (Å²) in [7, 11) is -2.34. The number of anilines is 1. The number of rotatable bonds is 14. The molecule has 1 amide bonds. The molecule has 36 heavy (non-hydrogen) atoms. The third-order valence-corrected chi connectivity index (χ3v) is 7.78. The highest BCUT2D eigenvalue weighted by Crippen LogP contribution is 2.29. The maximum absolute atomic E-state index is 13.7. The Morgan fingerprint density at radius 2 is 1.86 bits per heavy atom. The van der Waals surface area contributed by atoms with Gasteiger partial charge >= 0.3 is 6.09 Å². The van der Waals surface area contributed by atoms with E-state index in [4.69, 9.17) is 5.26 Å². The second-order valence-corrected chi connectivity index (χ2v) is 11.5. The number of carboxylic acid groups (broad SMARTS) is 1. The smallest absolute Gasteiger partial charge is 0.404 e. The van der Waals surface area contributed by atoms with Gasteiger partial charge in [0.25, 0.3) is 0 Å². The van der Waals surface area contributed by atoms with Gasteiger partial charge < -0.3 is 20.8 Å². The number of unbranched alkanes of at least 4 members (excludes halogenated alkanes) is 1. The van der Waals surface area contributed by atoms with Crippen LogP contribution in [0, 0.1) is 16.7 Å². The quantitative estimate of drug-likeness (QED) is 0.281. The predicted octanol–water partition coefficient (Wildman–Crippen LogP) is 3.68. The van der Waals surface area contributed by atoms with Crippen molar-refractivity contribution in [2.24, 2.45) is 5.41 Å². The molecule has 2 aromatic carbocycles. The summed E-state index contributed by atoms with van der Waals surface area (Å²) in [4.78, 5) is 11.5. The third kappa shape index (κ3) is 8.82. The van der Waals surface area contributed by atoms with Crippen molar-refractivity contribution in [2.45, 2.75) is 56.6 Å². The largest absolute Gasteiger partial charge is 0.465 e. The number of benzene rings is 2. The summed E-state index contributed by atoms with van der Waals surface area (Å²) in [6.45, 7) is 3.62. The lowest BCUT2D eigenvalue weighted by Gasteiger charge is -2.35. The van der Waals surface area contributed by atoms with E-state index in [1.54, 1.807) is 19.2 Å². The van der Waals surface area contributed by atoms with Crippen LogP contribution in [0.1, 0.15) is 38.7 Å². The normalized spacial score (nSPS) is 13.6. The van der Waals surface area contributed by atoms with Crippen LogP contribution < -0.4 is 10.6 Å². The van der Waals surface area contributed by atoms with E-state index in [9.17, 15) is 23.4 Å².